The summed E-state index contributed by atoms with van der Waals surface area (Å²) < 4.78 is 47.3. The van der Waals surface area contributed by atoms with Crippen LogP contribution in [-0.2, 0) is 4.79 Å². The van der Waals surface area contributed by atoms with Crippen LogP contribution in [-0.4, -0.2) is 29.7 Å². The van der Waals surface area contributed by atoms with Gasteiger partial charge in [0.15, 0.2) is 6.04 Å². The van der Waals surface area contributed by atoms with E-state index < -0.39 is 23.7 Å². The van der Waals surface area contributed by atoms with Gasteiger partial charge in [0.25, 0.3) is 0 Å². The highest BCUT2D eigenvalue weighted by molar-refractivity contribution is 5.91. The van der Waals surface area contributed by atoms with Crippen LogP contribution < -0.4 is 10.2 Å². The molecule has 1 aliphatic rings. The van der Waals surface area contributed by atoms with Crippen LogP contribution in [0.4, 0.5) is 13.2 Å². The van der Waals surface area contributed by atoms with E-state index in [1.54, 1.807) is 44.2 Å². The molecule has 0 radical (unpaired) electrons. The molecule has 1 atom stereocenters. The van der Waals surface area contributed by atoms with Gasteiger partial charge in [-0.25, -0.2) is 0 Å². The number of rotatable bonds is 3. The quantitative estimate of drug-likeness (QED) is 0.909. The molecule has 134 valence electrons. The van der Waals surface area contributed by atoms with Gasteiger partial charge in [0.05, 0.1) is 7.11 Å². The molecule has 1 heterocycles. The summed E-state index contributed by atoms with van der Waals surface area (Å²) in [6, 6.07) is 7.78. The molecule has 0 spiro atoms. The van der Waals surface area contributed by atoms with E-state index in [4.69, 9.17) is 4.74 Å². The highest BCUT2D eigenvalue weighted by atomic mass is 19.4. The number of ether oxygens (including phenoxy) is 1. The molecule has 0 aliphatic carbocycles. The second-order valence-electron chi connectivity index (χ2n) is 6.74. The van der Waals surface area contributed by atoms with Crippen molar-refractivity contribution in [1.82, 2.24) is 10.4 Å². The van der Waals surface area contributed by atoms with Gasteiger partial charge in [0.1, 0.15) is 5.75 Å². The van der Waals surface area contributed by atoms with E-state index in [2.05, 4.69) is 5.43 Å². The highest BCUT2D eigenvalue weighted by Crippen LogP contribution is 2.45. The number of hydrazine groups is 1. The van der Waals surface area contributed by atoms with E-state index in [1.807, 2.05) is 0 Å². The third-order valence-corrected chi connectivity index (χ3v) is 4.49. The van der Waals surface area contributed by atoms with Crippen LogP contribution in [0.2, 0.25) is 0 Å². The van der Waals surface area contributed by atoms with Crippen LogP contribution in [0.3, 0.4) is 0 Å². The fourth-order valence-electron chi connectivity index (χ4n) is 3.40. The number of fused-ring (bicyclic) bond motifs is 1. The number of benzene rings is 2. The zero-order valence-corrected chi connectivity index (χ0v) is 14.1. The lowest BCUT2D eigenvalue weighted by molar-refractivity contribution is -0.203. The lowest BCUT2D eigenvalue weighted by Crippen LogP contribution is -2.51. The van der Waals surface area contributed by atoms with Gasteiger partial charge in [0.2, 0.25) is 5.91 Å². The van der Waals surface area contributed by atoms with Crippen LogP contribution in [0.5, 0.6) is 5.75 Å². The molecular formula is C18H19F3N2O2. The normalized spacial score (nSPS) is 19.0. The third-order valence-electron chi connectivity index (χ3n) is 4.49. The minimum atomic E-state index is -4.56. The third kappa shape index (κ3) is 3.04. The Balaban J connectivity index is 2.22. The van der Waals surface area contributed by atoms with Crippen molar-refractivity contribution in [3.63, 3.8) is 0 Å². The second-order valence-corrected chi connectivity index (χ2v) is 6.74. The van der Waals surface area contributed by atoms with Crippen molar-refractivity contribution < 1.29 is 22.7 Å². The first-order valence-electron chi connectivity index (χ1n) is 7.86. The first-order valence-corrected chi connectivity index (χ1v) is 7.86. The number of hydrogen-bond acceptors (Lipinski definition) is 3. The van der Waals surface area contributed by atoms with Gasteiger partial charge in [-0.05, 0) is 30.9 Å². The van der Waals surface area contributed by atoms with Crippen molar-refractivity contribution in [3.8, 4) is 5.75 Å². The summed E-state index contributed by atoms with van der Waals surface area (Å²) in [7, 11) is 1.48. The molecule has 0 unspecified atom stereocenters. The predicted octanol–water partition coefficient (Wildman–Crippen LogP) is 3.97. The molecule has 1 N–H and O–H groups in total. The average Bonchev–Trinajstić information content (AvgIpc) is 2.78. The molecule has 0 bridgehead atoms. The van der Waals surface area contributed by atoms with E-state index >= 15 is 0 Å². The zero-order valence-electron chi connectivity index (χ0n) is 14.1. The Morgan fingerprint density at radius 1 is 1.16 bits per heavy atom. The minimum Gasteiger partial charge on any atom is -0.496 e. The van der Waals surface area contributed by atoms with Crippen molar-refractivity contribution in [2.45, 2.75) is 38.0 Å². The molecule has 1 fully saturated rings. The molecule has 7 heteroatoms. The Morgan fingerprint density at radius 3 is 2.36 bits per heavy atom. The number of alkyl halides is 3. The molecule has 0 aromatic heterocycles. The Bertz CT molecular complexity index is 818. The monoisotopic (exact) mass is 352 g/mol. The Labute approximate surface area is 143 Å². The molecule has 1 saturated heterocycles. The minimum absolute atomic E-state index is 0.00761. The van der Waals surface area contributed by atoms with E-state index in [-0.39, 0.29) is 12.0 Å². The molecule has 25 heavy (non-hydrogen) atoms. The highest BCUT2D eigenvalue weighted by Gasteiger charge is 2.53. The number of carbonyl (C=O) groups excluding carboxylic acids is 1. The summed E-state index contributed by atoms with van der Waals surface area (Å²) in [5.41, 5.74) is 1.51. The topological polar surface area (TPSA) is 41.6 Å². The number of hydrogen-bond donors (Lipinski definition) is 1. The first-order chi connectivity index (χ1) is 11.6. The second kappa shape index (κ2) is 5.91. The molecule has 3 rings (SSSR count). The van der Waals surface area contributed by atoms with Crippen molar-refractivity contribution in [3.05, 3.63) is 42.0 Å². The molecule has 1 amide bonds. The summed E-state index contributed by atoms with van der Waals surface area (Å²) in [5.74, 6) is 0.0852. The van der Waals surface area contributed by atoms with Gasteiger partial charge >= 0.3 is 6.18 Å². The van der Waals surface area contributed by atoms with Crippen molar-refractivity contribution in [2.75, 3.05) is 7.11 Å². The summed E-state index contributed by atoms with van der Waals surface area (Å²) in [4.78, 5) is 11.8. The Kier molecular flexibility index (Phi) is 4.15. The number of halogens is 3. The van der Waals surface area contributed by atoms with Gasteiger partial charge in [-0.1, -0.05) is 30.3 Å². The van der Waals surface area contributed by atoms with Crippen molar-refractivity contribution >= 4 is 16.7 Å². The maximum atomic E-state index is 14.0. The fourth-order valence-corrected chi connectivity index (χ4v) is 3.40. The van der Waals surface area contributed by atoms with Gasteiger partial charge < -0.3 is 4.74 Å². The van der Waals surface area contributed by atoms with Gasteiger partial charge in [-0.15, -0.1) is 0 Å². The van der Waals surface area contributed by atoms with E-state index in [0.717, 1.165) is 5.01 Å². The summed E-state index contributed by atoms with van der Waals surface area (Å²) in [5, 5.41) is 2.06. The number of amides is 1. The van der Waals surface area contributed by atoms with Crippen molar-refractivity contribution in [1.29, 1.82) is 0 Å². The number of methoxy groups -OCH3 is 1. The van der Waals surface area contributed by atoms with E-state index in [9.17, 15) is 18.0 Å². The van der Waals surface area contributed by atoms with Crippen LogP contribution in [0, 0.1) is 0 Å². The maximum Gasteiger partial charge on any atom is 0.409 e. The number of nitrogens with one attached hydrogen (secondary N) is 1. The van der Waals surface area contributed by atoms with E-state index in [1.165, 1.54) is 13.2 Å². The summed E-state index contributed by atoms with van der Waals surface area (Å²) in [6.07, 6.45) is -4.56. The number of carbonyl (C=O) groups is 1. The average molecular weight is 352 g/mol. The van der Waals surface area contributed by atoms with Crippen molar-refractivity contribution in [2.24, 2.45) is 0 Å². The molecule has 4 nitrogen and oxygen atoms in total. The standard InChI is InChI=1S/C18H19F3N2O2/c1-17(2)10-15(24)22-23(17)16(18(19,20)21)13-8-4-7-12-11(13)6-5-9-14(12)25-3/h4-9,16H,10H2,1-3H3,(H,22,24)/t16-/m0/s1. The van der Waals surface area contributed by atoms with Gasteiger partial charge in [-0.3, -0.25) is 10.2 Å². The SMILES string of the molecule is COc1cccc2c([C@H](N3NC(=O)CC3(C)C)C(F)(F)F)cccc12. The van der Waals surface area contributed by atoms with Crippen LogP contribution in [0.15, 0.2) is 36.4 Å². The van der Waals surface area contributed by atoms with Gasteiger partial charge in [-0.2, -0.15) is 18.2 Å². The lowest BCUT2D eigenvalue weighted by Gasteiger charge is -2.38. The molecule has 1 aliphatic heterocycles. The van der Waals surface area contributed by atoms with Crippen LogP contribution >= 0.6 is 0 Å². The summed E-state index contributed by atoms with van der Waals surface area (Å²) in [6.45, 7) is 3.24. The smallest absolute Gasteiger partial charge is 0.409 e. The Hall–Kier alpha value is -2.28. The number of nitrogens with zero attached hydrogens (tertiary/aromatic N) is 1. The van der Waals surface area contributed by atoms with Crippen LogP contribution in [0.1, 0.15) is 31.9 Å². The lowest BCUT2D eigenvalue weighted by atomic mass is 9.93. The molecule has 2 aromatic rings. The molecular weight excluding hydrogens is 333 g/mol. The molecule has 0 saturated carbocycles. The Morgan fingerprint density at radius 2 is 1.80 bits per heavy atom. The zero-order chi connectivity index (χ0) is 18.4. The predicted molar refractivity (Wildman–Crippen MR) is 88.0 cm³/mol. The van der Waals surface area contributed by atoms with Crippen LogP contribution in [0.25, 0.3) is 10.8 Å². The van der Waals surface area contributed by atoms with E-state index in [0.29, 0.717) is 16.5 Å². The first kappa shape index (κ1) is 17.5. The maximum absolute atomic E-state index is 14.0. The van der Waals surface area contributed by atoms with Gasteiger partial charge in [0, 0.05) is 17.3 Å². The largest absolute Gasteiger partial charge is 0.496 e. The fraction of sp³-hybridized carbons (Fsp3) is 0.389. The molecule has 2 aromatic carbocycles. The summed E-state index contributed by atoms with van der Waals surface area (Å²) >= 11 is 0.